The predicted octanol–water partition coefficient (Wildman–Crippen LogP) is 1.33. The van der Waals surface area contributed by atoms with E-state index in [-0.39, 0.29) is 42.3 Å². The van der Waals surface area contributed by atoms with Crippen molar-refractivity contribution in [3.8, 4) is 0 Å². The molecule has 2 N–H and O–H groups in total. The van der Waals surface area contributed by atoms with Crippen LogP contribution in [0.4, 0.5) is 22.4 Å². The molecule has 3 aliphatic rings. The van der Waals surface area contributed by atoms with E-state index in [1.165, 1.54) is 0 Å². The number of nitrogens with zero attached hydrogens (tertiary/aromatic N) is 2. The summed E-state index contributed by atoms with van der Waals surface area (Å²) in [4.78, 5) is 27.5. The first kappa shape index (κ1) is 20.9. The molecule has 2 atom stereocenters. The van der Waals surface area contributed by atoms with Crippen molar-refractivity contribution >= 4 is 11.9 Å². The monoisotopic (exact) mass is 430 g/mol. The third-order valence-electron chi connectivity index (χ3n) is 5.73. The molecule has 0 aliphatic carbocycles. The van der Waals surface area contributed by atoms with Gasteiger partial charge in [-0.05, 0) is 18.6 Å². The third-order valence-corrected chi connectivity index (χ3v) is 5.73. The maximum atomic E-state index is 13.9. The van der Waals surface area contributed by atoms with Crippen LogP contribution in [0.1, 0.15) is 17.5 Å². The molecule has 3 heterocycles. The Bertz CT molecular complexity index is 828. The van der Waals surface area contributed by atoms with Gasteiger partial charge in [-0.15, -0.1) is 0 Å². The van der Waals surface area contributed by atoms with Gasteiger partial charge in [0.1, 0.15) is 5.82 Å². The summed E-state index contributed by atoms with van der Waals surface area (Å²) in [6.45, 7) is 1.80. The van der Waals surface area contributed by atoms with E-state index < -0.39 is 17.6 Å². The third kappa shape index (κ3) is 4.36. The van der Waals surface area contributed by atoms with E-state index in [1.807, 2.05) is 0 Å². The zero-order valence-corrected chi connectivity index (χ0v) is 16.0. The van der Waals surface area contributed by atoms with E-state index in [1.54, 1.807) is 9.80 Å². The van der Waals surface area contributed by atoms with Gasteiger partial charge in [-0.1, -0.05) is 6.07 Å². The Balaban J connectivity index is 1.23. The van der Waals surface area contributed by atoms with Crippen molar-refractivity contribution in [3.63, 3.8) is 0 Å². The highest BCUT2D eigenvalue weighted by molar-refractivity contribution is 5.80. The molecule has 30 heavy (non-hydrogen) atoms. The predicted molar refractivity (Wildman–Crippen MR) is 96.9 cm³/mol. The fourth-order valence-electron chi connectivity index (χ4n) is 3.95. The second-order valence-corrected chi connectivity index (χ2v) is 7.82. The fraction of sp³-hybridized carbons (Fsp3) is 0.579. The van der Waals surface area contributed by atoms with E-state index in [9.17, 15) is 27.2 Å². The van der Waals surface area contributed by atoms with Crippen LogP contribution in [0.15, 0.2) is 18.2 Å². The van der Waals surface area contributed by atoms with Gasteiger partial charge < -0.3 is 25.2 Å². The molecule has 4 rings (SSSR count). The normalized spacial score (nSPS) is 24.9. The minimum Gasteiger partial charge on any atom is -0.370 e. The van der Waals surface area contributed by atoms with Crippen LogP contribution < -0.4 is 10.6 Å². The number of carbonyl (C=O) groups excluding carboxylic acids is 2. The van der Waals surface area contributed by atoms with E-state index >= 15 is 0 Å². The number of amides is 3. The number of hydrogen-bond acceptors (Lipinski definition) is 4. The van der Waals surface area contributed by atoms with Gasteiger partial charge >= 0.3 is 12.2 Å². The zero-order chi connectivity index (χ0) is 21.5. The number of ether oxygens (including phenoxy) is 1. The number of rotatable bonds is 3. The first-order valence-electron chi connectivity index (χ1n) is 9.74. The highest BCUT2D eigenvalue weighted by Crippen LogP contribution is 2.30. The number of nitrogens with one attached hydrogen (secondary N) is 2. The molecule has 11 heteroatoms. The number of carbonyl (C=O) groups is 2. The van der Waals surface area contributed by atoms with E-state index in [0.717, 1.165) is 18.6 Å². The lowest BCUT2D eigenvalue weighted by atomic mass is 9.97. The van der Waals surface area contributed by atoms with Gasteiger partial charge in [0.25, 0.3) is 0 Å². The molecule has 3 amide bonds. The number of alkyl halides is 3. The molecule has 0 spiro atoms. The molecular weight excluding hydrogens is 408 g/mol. The maximum absolute atomic E-state index is 13.9. The summed E-state index contributed by atoms with van der Waals surface area (Å²) in [7, 11) is 0. The molecular formula is C19H22F4N4O3. The van der Waals surface area contributed by atoms with Crippen molar-refractivity contribution < 1.29 is 31.9 Å². The Morgan fingerprint density at radius 1 is 1.17 bits per heavy atom. The van der Waals surface area contributed by atoms with Crippen LogP contribution in [0.5, 0.6) is 0 Å². The van der Waals surface area contributed by atoms with E-state index in [4.69, 9.17) is 4.74 Å². The number of piperidine rings is 1. The number of likely N-dealkylation sites (tertiary alicyclic amines) is 2. The average molecular weight is 430 g/mol. The average Bonchev–Trinajstić information content (AvgIpc) is 2.66. The first-order chi connectivity index (χ1) is 14.2. The van der Waals surface area contributed by atoms with Gasteiger partial charge in [-0.25, -0.2) is 9.18 Å². The first-order valence-corrected chi connectivity index (χ1v) is 9.74. The molecule has 3 aliphatic heterocycles. The van der Waals surface area contributed by atoms with Crippen molar-refractivity contribution in [1.82, 2.24) is 20.4 Å². The lowest BCUT2D eigenvalue weighted by Crippen LogP contribution is -2.68. The molecule has 3 saturated heterocycles. The Morgan fingerprint density at radius 3 is 2.63 bits per heavy atom. The van der Waals surface area contributed by atoms with Crippen LogP contribution >= 0.6 is 0 Å². The lowest BCUT2D eigenvalue weighted by Gasteiger charge is -2.46. The van der Waals surface area contributed by atoms with Crippen LogP contribution in [0.25, 0.3) is 0 Å². The number of urea groups is 1. The molecule has 3 fully saturated rings. The van der Waals surface area contributed by atoms with E-state index in [0.29, 0.717) is 38.8 Å². The highest BCUT2D eigenvalue weighted by Gasteiger charge is 2.39. The molecule has 1 aromatic carbocycles. The topological polar surface area (TPSA) is 73.9 Å². The second kappa shape index (κ2) is 8.03. The molecule has 7 nitrogen and oxygen atoms in total. The second-order valence-electron chi connectivity index (χ2n) is 7.82. The van der Waals surface area contributed by atoms with Crippen molar-refractivity contribution in [3.05, 3.63) is 35.1 Å². The quantitative estimate of drug-likeness (QED) is 0.710. The summed E-state index contributed by atoms with van der Waals surface area (Å²) in [5, 5.41) is 6.07. The molecule has 0 unspecified atom stereocenters. The molecule has 0 aromatic heterocycles. The van der Waals surface area contributed by atoms with Gasteiger partial charge in [0.15, 0.2) is 0 Å². The van der Waals surface area contributed by atoms with Crippen molar-refractivity contribution in [2.75, 3.05) is 32.7 Å². The van der Waals surface area contributed by atoms with Crippen LogP contribution in [0.2, 0.25) is 0 Å². The van der Waals surface area contributed by atoms with Crippen LogP contribution in [0.3, 0.4) is 0 Å². The Morgan fingerprint density at radius 2 is 1.93 bits per heavy atom. The molecule has 0 bridgehead atoms. The highest BCUT2D eigenvalue weighted by atomic mass is 19.4. The summed E-state index contributed by atoms with van der Waals surface area (Å²) in [6.07, 6.45) is -4.15. The number of halogens is 4. The Hall–Kier alpha value is -2.40. The summed E-state index contributed by atoms with van der Waals surface area (Å²) >= 11 is 0. The van der Waals surface area contributed by atoms with Crippen molar-refractivity contribution in [2.24, 2.45) is 0 Å². The smallest absolute Gasteiger partial charge is 0.370 e. The van der Waals surface area contributed by atoms with Gasteiger partial charge in [0, 0.05) is 24.7 Å². The van der Waals surface area contributed by atoms with Gasteiger partial charge in [-0.2, -0.15) is 13.2 Å². The molecule has 1 aromatic rings. The van der Waals surface area contributed by atoms with Gasteiger partial charge in [0.05, 0.1) is 44.0 Å². The summed E-state index contributed by atoms with van der Waals surface area (Å²) < 4.78 is 57.2. The summed E-state index contributed by atoms with van der Waals surface area (Å²) in [6, 6.07) is 2.25. The number of hydrogen-bond donors (Lipinski definition) is 2. The van der Waals surface area contributed by atoms with Crippen LogP contribution in [-0.4, -0.2) is 72.6 Å². The lowest BCUT2D eigenvalue weighted by molar-refractivity contribution is -0.137. The standard InChI is InChI=1S/C19H22F4N4O3/c20-14-5-12(19(21,22)23)2-1-11(14)10-30-13-7-27(8-13)18(29)26-4-3-15-16(9-26)25-17(28)6-24-15/h1-2,5,13,15-16,24H,3-4,6-10H2,(H,25,28)/t15-,16+/m1/s1. The van der Waals surface area contributed by atoms with Crippen LogP contribution in [-0.2, 0) is 22.3 Å². The molecule has 0 saturated carbocycles. The Labute approximate surface area is 170 Å². The molecule has 0 radical (unpaired) electrons. The van der Waals surface area contributed by atoms with E-state index in [2.05, 4.69) is 10.6 Å². The number of benzene rings is 1. The number of fused-ring (bicyclic) bond motifs is 1. The van der Waals surface area contributed by atoms with Gasteiger partial charge in [0.2, 0.25) is 5.91 Å². The summed E-state index contributed by atoms with van der Waals surface area (Å²) in [5.41, 5.74) is -1.01. The summed E-state index contributed by atoms with van der Waals surface area (Å²) in [5.74, 6) is -1.05. The minimum atomic E-state index is -4.60. The number of piperazine rings is 1. The Kier molecular flexibility index (Phi) is 5.58. The van der Waals surface area contributed by atoms with Crippen molar-refractivity contribution in [2.45, 2.75) is 37.4 Å². The zero-order valence-electron chi connectivity index (χ0n) is 16.0. The fourth-order valence-corrected chi connectivity index (χ4v) is 3.95. The SMILES string of the molecule is O=C1CN[C@@H]2CCN(C(=O)N3CC(OCc4ccc(C(F)(F)F)cc4F)C3)C[C@@H]2N1. The largest absolute Gasteiger partial charge is 0.416 e. The minimum absolute atomic E-state index is 0.0374. The molecule has 164 valence electrons. The van der Waals surface area contributed by atoms with Gasteiger partial charge in [-0.3, -0.25) is 4.79 Å². The van der Waals surface area contributed by atoms with Crippen LogP contribution in [0, 0.1) is 5.82 Å². The van der Waals surface area contributed by atoms with Crippen molar-refractivity contribution in [1.29, 1.82) is 0 Å². The maximum Gasteiger partial charge on any atom is 0.416 e.